The molecule has 0 radical (unpaired) electrons. The Morgan fingerprint density at radius 2 is 1.67 bits per heavy atom. The molecule has 3 aliphatic carbocycles. The summed E-state index contributed by atoms with van der Waals surface area (Å²) in [6.45, 7) is 4.96. The molecule has 0 amide bonds. The van der Waals surface area contributed by atoms with Gasteiger partial charge in [0.1, 0.15) is 0 Å². The van der Waals surface area contributed by atoms with E-state index in [1.165, 1.54) is 44.9 Å². The predicted molar refractivity (Wildman–Crippen MR) is 114 cm³/mol. The maximum absolute atomic E-state index is 6.79. The van der Waals surface area contributed by atoms with Gasteiger partial charge in [-0.2, -0.15) is 7.05 Å². The van der Waals surface area contributed by atoms with Crippen LogP contribution in [0.4, 0.5) is 0 Å². The van der Waals surface area contributed by atoms with Crippen molar-refractivity contribution in [3.8, 4) is 0 Å². The molecule has 4 aliphatic rings. The summed E-state index contributed by atoms with van der Waals surface area (Å²) in [6.07, 6.45) is 10.9. The van der Waals surface area contributed by atoms with E-state index in [4.69, 9.17) is 33.1 Å². The standard InChI is InChI=1S/C19H34NO2Si.CH3.2ClH.Ti/c1-20-23(3,4)19-14-8-6-5-7-13(14)17-15-11-12(21-2)9-10-16(15)22-18(17)19;;;;/h12-19H,5-11H2,1-4H3;1H3;2*1H;/q2*-1;;;+2/p-2. The van der Waals surface area contributed by atoms with Gasteiger partial charge in [0.25, 0.3) is 0 Å². The van der Waals surface area contributed by atoms with Crippen LogP contribution < -0.4 is 0 Å². The van der Waals surface area contributed by atoms with Crippen molar-refractivity contribution in [1.82, 2.24) is 0 Å². The zero-order chi connectivity index (χ0) is 18.9. The molecule has 1 aliphatic heterocycles. The molecule has 0 bridgehead atoms. The van der Waals surface area contributed by atoms with Crippen molar-refractivity contribution >= 4 is 26.8 Å². The van der Waals surface area contributed by atoms with Crippen molar-refractivity contribution < 1.29 is 26.5 Å². The number of hydrogen-bond donors (Lipinski definition) is 0. The summed E-state index contributed by atoms with van der Waals surface area (Å²) in [6, 6.07) is 0. The Morgan fingerprint density at radius 3 is 2.26 bits per heavy atom. The number of fused-ring (bicyclic) bond motifs is 5. The number of hydrogen-bond acceptors (Lipinski definition) is 2. The molecule has 27 heavy (non-hydrogen) atoms. The second kappa shape index (κ2) is 10.6. The van der Waals surface area contributed by atoms with E-state index < -0.39 is 25.3 Å². The maximum atomic E-state index is 6.79. The van der Waals surface area contributed by atoms with Crippen molar-refractivity contribution in [1.29, 1.82) is 0 Å². The molecular formula is C20H37Cl2NO2SiTi-2. The molecule has 7 heteroatoms. The van der Waals surface area contributed by atoms with Crippen LogP contribution in [0, 0.1) is 31.1 Å². The van der Waals surface area contributed by atoms with Crippen LogP contribution in [0.5, 0.6) is 0 Å². The topological polar surface area (TPSA) is 32.6 Å². The third-order valence-electron chi connectivity index (χ3n) is 7.90. The quantitative estimate of drug-likeness (QED) is 0.353. The number of nitrogens with zero attached hydrogens (tertiary/aromatic N) is 1. The van der Waals surface area contributed by atoms with E-state index >= 15 is 0 Å². The molecule has 4 fully saturated rings. The van der Waals surface area contributed by atoms with E-state index in [0.717, 1.165) is 29.2 Å². The molecule has 1 saturated heterocycles. The first kappa shape index (κ1) is 24.7. The van der Waals surface area contributed by atoms with E-state index in [1.54, 1.807) is 0 Å². The van der Waals surface area contributed by atoms with Gasteiger partial charge in [-0.15, -0.1) is 0 Å². The van der Waals surface area contributed by atoms with E-state index in [0.29, 0.717) is 18.3 Å². The molecule has 0 aromatic carbocycles. The average molecular weight is 470 g/mol. The summed E-state index contributed by atoms with van der Waals surface area (Å²) in [5.41, 5.74) is 0.759. The summed E-state index contributed by atoms with van der Waals surface area (Å²) < 4.78 is 12.5. The van der Waals surface area contributed by atoms with Crippen molar-refractivity contribution in [3.63, 3.8) is 0 Å². The third kappa shape index (κ3) is 4.84. The average Bonchev–Trinajstić information content (AvgIpc) is 3.16. The fourth-order valence-electron chi connectivity index (χ4n) is 6.78. The van der Waals surface area contributed by atoms with Crippen LogP contribution in [0.2, 0.25) is 18.6 Å². The van der Waals surface area contributed by atoms with Crippen LogP contribution in [-0.4, -0.2) is 40.7 Å². The molecule has 0 aromatic heterocycles. The molecule has 0 N–H and O–H groups in total. The fourth-order valence-corrected chi connectivity index (χ4v) is 9.64. The minimum absolute atomic E-state index is 0. The summed E-state index contributed by atoms with van der Waals surface area (Å²) >= 11 is -0.556. The summed E-state index contributed by atoms with van der Waals surface area (Å²) in [5, 5.41) is 0. The summed E-state index contributed by atoms with van der Waals surface area (Å²) in [5.74, 6) is 3.38. The molecule has 0 aromatic rings. The molecule has 1 heterocycles. The Labute approximate surface area is 184 Å². The zero-order valence-electron chi connectivity index (χ0n) is 17.6. The first-order chi connectivity index (χ1) is 12.5. The Kier molecular flexibility index (Phi) is 9.70. The first-order valence-corrected chi connectivity index (χ1v) is 17.6. The van der Waals surface area contributed by atoms with Gasteiger partial charge in [-0.1, -0.05) is 40.6 Å². The van der Waals surface area contributed by atoms with Gasteiger partial charge in [-0.25, -0.2) is 0 Å². The Hall–Kier alpha value is 1.39. The van der Waals surface area contributed by atoms with E-state index in [1.807, 2.05) is 7.11 Å². The van der Waals surface area contributed by atoms with Gasteiger partial charge in [0.05, 0.1) is 18.3 Å². The molecule has 3 nitrogen and oxygen atoms in total. The Bertz CT molecular complexity index is 473. The second-order valence-electron chi connectivity index (χ2n) is 9.14. The fraction of sp³-hybridized carbons (Fsp3) is 0.950. The molecule has 8 unspecified atom stereocenters. The van der Waals surface area contributed by atoms with Gasteiger partial charge in [-0.05, 0) is 54.9 Å². The van der Waals surface area contributed by atoms with Crippen molar-refractivity contribution in [2.75, 3.05) is 14.2 Å². The Balaban J connectivity index is 0.000000614. The van der Waals surface area contributed by atoms with Crippen LogP contribution in [0.15, 0.2) is 0 Å². The summed E-state index contributed by atoms with van der Waals surface area (Å²) in [7, 11) is 12.2. The van der Waals surface area contributed by atoms with Gasteiger partial charge >= 0.3 is 35.6 Å². The molecule has 0 spiro atoms. The number of ether oxygens (including phenoxy) is 2. The normalized spacial score (nSPS) is 42.7. The predicted octanol–water partition coefficient (Wildman–Crippen LogP) is 6.41. The van der Waals surface area contributed by atoms with Crippen LogP contribution in [0.3, 0.4) is 0 Å². The second-order valence-corrected chi connectivity index (χ2v) is 16.1. The first-order valence-electron chi connectivity index (χ1n) is 10.2. The number of rotatable bonds is 3. The van der Waals surface area contributed by atoms with E-state index in [-0.39, 0.29) is 7.43 Å². The monoisotopic (exact) mass is 469 g/mol. The van der Waals surface area contributed by atoms with Gasteiger partial charge in [-0.3, -0.25) is 0 Å². The van der Waals surface area contributed by atoms with Gasteiger partial charge < -0.3 is 21.9 Å². The molecule has 8 atom stereocenters. The molecule has 158 valence electrons. The van der Waals surface area contributed by atoms with Gasteiger partial charge in [0.2, 0.25) is 0 Å². The molecule has 4 rings (SSSR count). The summed E-state index contributed by atoms with van der Waals surface area (Å²) in [4.78, 5) is 4.94. The number of methoxy groups -OCH3 is 1. The molecule has 3 saturated carbocycles. The van der Waals surface area contributed by atoms with Gasteiger partial charge in [0.15, 0.2) is 0 Å². The SMILES string of the molecule is C[N-][Si](C)(C)C1C2CCCCC2C2C3CC(OC)CCC3OC21.[CH3-].[Cl][Ti][Cl]. The van der Waals surface area contributed by atoms with Gasteiger partial charge in [0, 0.05) is 7.11 Å². The minimum atomic E-state index is -1.56. The van der Waals surface area contributed by atoms with Crippen molar-refractivity contribution in [2.24, 2.45) is 23.7 Å². The van der Waals surface area contributed by atoms with Crippen LogP contribution in [0.1, 0.15) is 44.9 Å². The third-order valence-corrected chi connectivity index (χ3v) is 11.4. The van der Waals surface area contributed by atoms with Crippen molar-refractivity contribution in [3.05, 3.63) is 12.4 Å². The van der Waals surface area contributed by atoms with Crippen molar-refractivity contribution in [2.45, 2.75) is 81.9 Å². The Morgan fingerprint density at radius 1 is 1.04 bits per heavy atom. The van der Waals surface area contributed by atoms with E-state index in [2.05, 4.69) is 20.1 Å². The zero-order valence-corrected chi connectivity index (χ0v) is 21.7. The molecular weight excluding hydrogens is 433 g/mol. The van der Waals surface area contributed by atoms with Crippen LogP contribution >= 0.6 is 18.6 Å². The van der Waals surface area contributed by atoms with E-state index in [9.17, 15) is 0 Å². The van der Waals surface area contributed by atoms with Crippen LogP contribution in [-0.2, 0) is 26.5 Å². The van der Waals surface area contributed by atoms with Crippen LogP contribution in [0.25, 0.3) is 4.98 Å². The number of halogens is 2.